The van der Waals surface area contributed by atoms with E-state index in [0.29, 0.717) is 0 Å². The standard InChI is InChI=1S/C6H12IN3/c7-5-1-3-10(4-2-5)6(8)9/h5H,1-4H2,(H3,8,9). The Hall–Kier alpha value is 0. The Morgan fingerprint density at radius 3 is 2.40 bits per heavy atom. The van der Waals surface area contributed by atoms with E-state index in [9.17, 15) is 0 Å². The number of hydrogen-bond donors (Lipinski definition) is 2. The van der Waals surface area contributed by atoms with Gasteiger partial charge in [0.05, 0.1) is 0 Å². The van der Waals surface area contributed by atoms with Gasteiger partial charge in [-0.3, -0.25) is 5.41 Å². The Balaban J connectivity index is 2.33. The Labute approximate surface area is 74.6 Å². The van der Waals surface area contributed by atoms with Gasteiger partial charge >= 0.3 is 0 Å². The average Bonchev–Trinajstić information content (AvgIpc) is 1.88. The summed E-state index contributed by atoms with van der Waals surface area (Å²) in [5.41, 5.74) is 5.32. The van der Waals surface area contributed by atoms with Gasteiger partial charge in [-0.2, -0.15) is 0 Å². The van der Waals surface area contributed by atoms with Gasteiger partial charge in [-0.1, -0.05) is 22.6 Å². The number of piperidine rings is 1. The number of rotatable bonds is 0. The predicted octanol–water partition coefficient (Wildman–Crippen LogP) is 0.779. The Bertz CT molecular complexity index is 129. The van der Waals surface area contributed by atoms with Crippen molar-refractivity contribution in [3.05, 3.63) is 0 Å². The minimum atomic E-state index is 0.225. The van der Waals surface area contributed by atoms with Gasteiger partial charge in [0, 0.05) is 17.0 Å². The third kappa shape index (κ3) is 2.00. The molecule has 1 rings (SSSR count). The van der Waals surface area contributed by atoms with E-state index in [4.69, 9.17) is 11.1 Å². The van der Waals surface area contributed by atoms with E-state index < -0.39 is 0 Å². The maximum atomic E-state index is 7.16. The fourth-order valence-corrected chi connectivity index (χ4v) is 1.65. The lowest BCUT2D eigenvalue weighted by Gasteiger charge is -2.29. The van der Waals surface area contributed by atoms with Crippen LogP contribution in [-0.2, 0) is 0 Å². The van der Waals surface area contributed by atoms with E-state index in [1.807, 2.05) is 4.90 Å². The molecular formula is C6H12IN3. The lowest BCUT2D eigenvalue weighted by atomic mass is 10.1. The van der Waals surface area contributed by atoms with Crippen LogP contribution in [0.4, 0.5) is 0 Å². The molecule has 0 saturated carbocycles. The Kier molecular flexibility index (Phi) is 2.76. The van der Waals surface area contributed by atoms with Crippen LogP contribution in [-0.4, -0.2) is 27.9 Å². The van der Waals surface area contributed by atoms with E-state index in [-0.39, 0.29) is 5.96 Å². The second kappa shape index (κ2) is 3.41. The molecule has 1 fully saturated rings. The minimum Gasteiger partial charge on any atom is -0.370 e. The number of guanidine groups is 1. The highest BCUT2D eigenvalue weighted by molar-refractivity contribution is 14.1. The molecule has 0 aliphatic carbocycles. The van der Waals surface area contributed by atoms with Gasteiger partial charge < -0.3 is 10.6 Å². The van der Waals surface area contributed by atoms with Crippen molar-refractivity contribution in [2.45, 2.75) is 16.8 Å². The smallest absolute Gasteiger partial charge is 0.188 e. The zero-order valence-electron chi connectivity index (χ0n) is 5.81. The normalized spacial score (nSPS) is 21.1. The van der Waals surface area contributed by atoms with E-state index in [2.05, 4.69) is 22.6 Å². The fraction of sp³-hybridized carbons (Fsp3) is 0.833. The number of hydrogen-bond acceptors (Lipinski definition) is 1. The number of likely N-dealkylation sites (tertiary alicyclic amines) is 1. The van der Waals surface area contributed by atoms with Crippen molar-refractivity contribution >= 4 is 28.6 Å². The molecule has 0 unspecified atom stereocenters. The van der Waals surface area contributed by atoms with Crippen LogP contribution in [0.1, 0.15) is 12.8 Å². The fourth-order valence-electron chi connectivity index (χ4n) is 1.09. The molecule has 58 valence electrons. The van der Waals surface area contributed by atoms with E-state index in [1.165, 1.54) is 12.8 Å². The second-order valence-electron chi connectivity index (χ2n) is 2.55. The summed E-state index contributed by atoms with van der Waals surface area (Å²) in [6, 6.07) is 0. The van der Waals surface area contributed by atoms with Gasteiger partial charge in [0.15, 0.2) is 5.96 Å². The summed E-state index contributed by atoms with van der Waals surface area (Å²) in [4.78, 5) is 1.93. The van der Waals surface area contributed by atoms with Gasteiger partial charge in [-0.15, -0.1) is 0 Å². The number of nitrogens with zero attached hydrogens (tertiary/aromatic N) is 1. The predicted molar refractivity (Wildman–Crippen MR) is 50.5 cm³/mol. The number of halogens is 1. The molecule has 3 nitrogen and oxygen atoms in total. The molecule has 1 heterocycles. The van der Waals surface area contributed by atoms with Crippen LogP contribution >= 0.6 is 22.6 Å². The average molecular weight is 253 g/mol. The summed E-state index contributed by atoms with van der Waals surface area (Å²) in [6.45, 7) is 1.92. The van der Waals surface area contributed by atoms with Crippen molar-refractivity contribution in [3.8, 4) is 0 Å². The van der Waals surface area contributed by atoms with E-state index in [0.717, 1.165) is 17.0 Å². The van der Waals surface area contributed by atoms with Crippen LogP contribution in [0.5, 0.6) is 0 Å². The summed E-state index contributed by atoms with van der Waals surface area (Å²) >= 11 is 2.45. The highest BCUT2D eigenvalue weighted by atomic mass is 127. The number of nitrogens with two attached hydrogens (primary N) is 1. The van der Waals surface area contributed by atoms with Crippen molar-refractivity contribution in [1.29, 1.82) is 5.41 Å². The Morgan fingerprint density at radius 1 is 1.50 bits per heavy atom. The molecule has 4 heteroatoms. The second-order valence-corrected chi connectivity index (χ2v) is 4.31. The van der Waals surface area contributed by atoms with Crippen LogP contribution < -0.4 is 5.73 Å². The van der Waals surface area contributed by atoms with Crippen molar-refractivity contribution < 1.29 is 0 Å². The molecule has 0 amide bonds. The van der Waals surface area contributed by atoms with Crippen LogP contribution in [0.2, 0.25) is 0 Å². The molecule has 0 aromatic heterocycles. The molecule has 0 radical (unpaired) electrons. The molecule has 1 aliphatic rings. The molecule has 1 aliphatic heterocycles. The van der Waals surface area contributed by atoms with Crippen LogP contribution in [0.25, 0.3) is 0 Å². The molecule has 0 aromatic rings. The highest BCUT2D eigenvalue weighted by Crippen LogP contribution is 2.16. The molecule has 0 atom stereocenters. The van der Waals surface area contributed by atoms with E-state index in [1.54, 1.807) is 0 Å². The summed E-state index contributed by atoms with van der Waals surface area (Å²) in [5.74, 6) is 0.225. The lowest BCUT2D eigenvalue weighted by molar-refractivity contribution is 0.349. The zero-order chi connectivity index (χ0) is 7.56. The number of alkyl halides is 1. The molecule has 10 heavy (non-hydrogen) atoms. The van der Waals surface area contributed by atoms with Crippen molar-refractivity contribution in [2.75, 3.05) is 13.1 Å². The first-order valence-corrected chi connectivity index (χ1v) is 4.68. The topological polar surface area (TPSA) is 53.1 Å². The lowest BCUT2D eigenvalue weighted by Crippen LogP contribution is -2.42. The van der Waals surface area contributed by atoms with Crippen LogP contribution in [0.3, 0.4) is 0 Å². The van der Waals surface area contributed by atoms with Gasteiger partial charge in [-0.25, -0.2) is 0 Å². The van der Waals surface area contributed by atoms with Gasteiger partial charge in [0.2, 0.25) is 0 Å². The molecule has 0 bridgehead atoms. The first-order valence-electron chi connectivity index (χ1n) is 3.43. The van der Waals surface area contributed by atoms with Gasteiger partial charge in [-0.05, 0) is 12.8 Å². The summed E-state index contributed by atoms with van der Waals surface area (Å²) in [6.07, 6.45) is 2.33. The SMILES string of the molecule is N=C(N)N1CCC(I)CC1. The number of nitrogens with one attached hydrogen (secondary N) is 1. The molecule has 1 saturated heterocycles. The zero-order valence-corrected chi connectivity index (χ0v) is 7.97. The summed E-state index contributed by atoms with van der Waals surface area (Å²) in [5, 5.41) is 7.16. The van der Waals surface area contributed by atoms with Gasteiger partial charge in [0.1, 0.15) is 0 Å². The van der Waals surface area contributed by atoms with Crippen molar-refractivity contribution in [1.82, 2.24) is 4.90 Å². The quantitative estimate of drug-likeness (QED) is 0.290. The summed E-state index contributed by atoms with van der Waals surface area (Å²) < 4.78 is 0.785. The monoisotopic (exact) mass is 253 g/mol. The van der Waals surface area contributed by atoms with Gasteiger partial charge in [0.25, 0.3) is 0 Å². The molecule has 0 spiro atoms. The highest BCUT2D eigenvalue weighted by Gasteiger charge is 2.16. The molecule has 0 aromatic carbocycles. The third-order valence-electron chi connectivity index (χ3n) is 1.77. The first-order chi connectivity index (χ1) is 4.70. The van der Waals surface area contributed by atoms with Crippen LogP contribution in [0.15, 0.2) is 0 Å². The van der Waals surface area contributed by atoms with Crippen LogP contribution in [0, 0.1) is 5.41 Å². The minimum absolute atomic E-state index is 0.225. The maximum absolute atomic E-state index is 7.16. The molecule has 3 N–H and O–H groups in total. The molecular weight excluding hydrogens is 241 g/mol. The van der Waals surface area contributed by atoms with E-state index >= 15 is 0 Å². The van der Waals surface area contributed by atoms with Crippen molar-refractivity contribution in [3.63, 3.8) is 0 Å². The first kappa shape index (κ1) is 8.10. The maximum Gasteiger partial charge on any atom is 0.188 e. The largest absolute Gasteiger partial charge is 0.370 e. The van der Waals surface area contributed by atoms with Crippen molar-refractivity contribution in [2.24, 2.45) is 5.73 Å². The third-order valence-corrected chi connectivity index (χ3v) is 3.01. The Morgan fingerprint density at radius 2 is 2.00 bits per heavy atom. The summed E-state index contributed by atoms with van der Waals surface area (Å²) in [7, 11) is 0.